The van der Waals surface area contributed by atoms with Crippen LogP contribution in [0.2, 0.25) is 0 Å². The third-order valence-electron chi connectivity index (χ3n) is 6.27. The first-order valence-corrected chi connectivity index (χ1v) is 12.2. The van der Waals surface area contributed by atoms with Gasteiger partial charge in [-0.3, -0.25) is 19.7 Å². The van der Waals surface area contributed by atoms with Gasteiger partial charge < -0.3 is 15.0 Å². The molecular formula is C26H29N3O4S. The molecule has 8 heteroatoms. The molecule has 0 bridgehead atoms. The fraction of sp³-hybridized carbons (Fsp3) is 0.385. The zero-order chi connectivity index (χ0) is 23.9. The molecular weight excluding hydrogens is 450 g/mol. The molecule has 0 aromatic heterocycles. The third kappa shape index (κ3) is 5.99. The Labute approximate surface area is 204 Å². The Bertz CT molecular complexity index is 1100. The van der Waals surface area contributed by atoms with E-state index < -0.39 is 17.9 Å². The van der Waals surface area contributed by atoms with Crippen LogP contribution in [-0.2, 0) is 19.1 Å². The molecule has 1 unspecified atom stereocenters. The van der Waals surface area contributed by atoms with E-state index in [0.717, 1.165) is 48.4 Å². The fourth-order valence-corrected chi connectivity index (χ4v) is 4.83. The number of fused-ring (bicyclic) bond motifs is 1. The van der Waals surface area contributed by atoms with Crippen LogP contribution in [0.4, 0.5) is 0 Å². The van der Waals surface area contributed by atoms with E-state index in [-0.39, 0.29) is 23.5 Å². The summed E-state index contributed by atoms with van der Waals surface area (Å²) in [6.07, 6.45) is 7.97. The molecule has 4 rings (SSSR count). The average molecular weight is 480 g/mol. The highest BCUT2D eigenvalue weighted by Gasteiger charge is 2.34. The van der Waals surface area contributed by atoms with Crippen molar-refractivity contribution in [3.05, 3.63) is 54.1 Å². The molecule has 1 aliphatic carbocycles. The molecule has 2 N–H and O–H groups in total. The van der Waals surface area contributed by atoms with Crippen molar-refractivity contribution in [1.82, 2.24) is 15.5 Å². The van der Waals surface area contributed by atoms with Crippen LogP contribution in [0, 0.1) is 0 Å². The molecule has 1 atom stereocenters. The summed E-state index contributed by atoms with van der Waals surface area (Å²) in [4.78, 5) is 39.2. The van der Waals surface area contributed by atoms with Crippen LogP contribution in [0.5, 0.6) is 0 Å². The second kappa shape index (κ2) is 11.2. The highest BCUT2D eigenvalue weighted by molar-refractivity contribution is 7.80. The van der Waals surface area contributed by atoms with Crippen LogP contribution in [0.15, 0.2) is 48.5 Å². The van der Waals surface area contributed by atoms with E-state index in [4.69, 9.17) is 17.0 Å². The van der Waals surface area contributed by atoms with Crippen LogP contribution >= 0.6 is 12.2 Å². The number of rotatable bonds is 5. The Kier molecular flexibility index (Phi) is 7.90. The summed E-state index contributed by atoms with van der Waals surface area (Å²) in [5.74, 6) is -1.11. The van der Waals surface area contributed by atoms with Gasteiger partial charge in [-0.15, -0.1) is 0 Å². The third-order valence-corrected chi connectivity index (χ3v) is 6.61. The maximum Gasteiger partial charge on any atom is 0.308 e. The maximum atomic E-state index is 12.6. The van der Waals surface area contributed by atoms with Crippen molar-refractivity contribution in [2.24, 2.45) is 0 Å². The van der Waals surface area contributed by atoms with Gasteiger partial charge in [0, 0.05) is 19.2 Å². The molecule has 0 radical (unpaired) electrons. The van der Waals surface area contributed by atoms with Crippen LogP contribution in [0.3, 0.4) is 0 Å². The van der Waals surface area contributed by atoms with E-state index in [0.29, 0.717) is 13.1 Å². The molecule has 1 saturated carbocycles. The lowest BCUT2D eigenvalue weighted by molar-refractivity contribution is -0.153. The number of ether oxygens (including phenoxy) is 1. The Morgan fingerprint density at radius 2 is 1.88 bits per heavy atom. The summed E-state index contributed by atoms with van der Waals surface area (Å²) in [6.45, 7) is 0.786. The van der Waals surface area contributed by atoms with Gasteiger partial charge in [-0.2, -0.15) is 0 Å². The van der Waals surface area contributed by atoms with Gasteiger partial charge in [0.2, 0.25) is 11.8 Å². The topological polar surface area (TPSA) is 87.7 Å². The predicted octanol–water partition coefficient (Wildman–Crippen LogP) is 3.32. The van der Waals surface area contributed by atoms with Gasteiger partial charge >= 0.3 is 5.97 Å². The van der Waals surface area contributed by atoms with Gasteiger partial charge in [0.1, 0.15) is 12.1 Å². The molecule has 1 aliphatic heterocycles. The van der Waals surface area contributed by atoms with E-state index in [2.05, 4.69) is 10.6 Å². The summed E-state index contributed by atoms with van der Waals surface area (Å²) in [7, 11) is 0. The van der Waals surface area contributed by atoms with Crippen molar-refractivity contribution in [3.63, 3.8) is 0 Å². The number of esters is 1. The van der Waals surface area contributed by atoms with Gasteiger partial charge in [-0.25, -0.2) is 0 Å². The quantitative estimate of drug-likeness (QED) is 0.389. The second-order valence-electron chi connectivity index (χ2n) is 8.65. The van der Waals surface area contributed by atoms with Crippen LogP contribution in [0.25, 0.3) is 16.8 Å². The minimum Gasteiger partial charge on any atom is -0.462 e. The molecule has 178 valence electrons. The van der Waals surface area contributed by atoms with Gasteiger partial charge in [0.15, 0.2) is 5.11 Å². The minimum atomic E-state index is -0.806. The SMILES string of the molecule is O=C(/C=C/c1cccc2ccccc12)NC(=S)N1CCNC(=O)C1CC(=O)OC1CCCCC1. The molecule has 2 aromatic carbocycles. The summed E-state index contributed by atoms with van der Waals surface area (Å²) in [6, 6.07) is 13.0. The molecule has 34 heavy (non-hydrogen) atoms. The Morgan fingerprint density at radius 3 is 2.71 bits per heavy atom. The van der Waals surface area contributed by atoms with Crippen molar-refractivity contribution in [2.45, 2.75) is 50.7 Å². The number of piperazine rings is 1. The minimum absolute atomic E-state index is 0.0767. The number of nitrogens with one attached hydrogen (secondary N) is 2. The second-order valence-corrected chi connectivity index (χ2v) is 9.04. The van der Waals surface area contributed by atoms with E-state index in [1.165, 1.54) is 6.08 Å². The lowest BCUT2D eigenvalue weighted by Crippen LogP contribution is -2.60. The number of hydrogen-bond acceptors (Lipinski definition) is 5. The van der Waals surface area contributed by atoms with Gasteiger partial charge in [-0.1, -0.05) is 48.9 Å². The summed E-state index contributed by atoms with van der Waals surface area (Å²) in [5.41, 5.74) is 0.917. The van der Waals surface area contributed by atoms with Gasteiger partial charge in [-0.05, 0) is 60.3 Å². The number of carbonyl (C=O) groups is 3. The van der Waals surface area contributed by atoms with Crippen LogP contribution in [-0.4, -0.2) is 53.0 Å². The van der Waals surface area contributed by atoms with E-state index in [1.807, 2.05) is 42.5 Å². The zero-order valence-corrected chi connectivity index (χ0v) is 19.8. The summed E-state index contributed by atoms with van der Waals surface area (Å²) >= 11 is 5.43. The molecule has 1 heterocycles. The number of nitrogens with zero attached hydrogens (tertiary/aromatic N) is 1. The van der Waals surface area contributed by atoms with E-state index in [9.17, 15) is 14.4 Å². The Hall–Kier alpha value is -3.26. The maximum absolute atomic E-state index is 12.6. The Morgan fingerprint density at radius 1 is 1.12 bits per heavy atom. The van der Waals surface area contributed by atoms with Crippen molar-refractivity contribution in [1.29, 1.82) is 0 Å². The van der Waals surface area contributed by atoms with Crippen LogP contribution in [0.1, 0.15) is 44.1 Å². The van der Waals surface area contributed by atoms with Crippen molar-refractivity contribution in [2.75, 3.05) is 13.1 Å². The average Bonchev–Trinajstić information content (AvgIpc) is 2.84. The standard InChI is InChI=1S/C26H29N3O4S/c30-23(14-13-19-9-6-8-18-7-4-5-12-21(18)19)28-26(34)29-16-15-27-25(32)22(29)17-24(31)33-20-10-2-1-3-11-20/h4-9,12-14,20,22H,1-3,10-11,15-17H2,(H,27,32)(H,28,30,34)/b14-13+. The smallest absolute Gasteiger partial charge is 0.308 e. The fourth-order valence-electron chi connectivity index (χ4n) is 4.52. The lowest BCUT2D eigenvalue weighted by Gasteiger charge is -2.36. The molecule has 2 aliphatic rings. The van der Waals surface area contributed by atoms with Crippen LogP contribution < -0.4 is 10.6 Å². The largest absolute Gasteiger partial charge is 0.462 e. The molecule has 0 spiro atoms. The Balaban J connectivity index is 1.37. The first kappa shape index (κ1) is 23.9. The highest BCUT2D eigenvalue weighted by atomic mass is 32.1. The van der Waals surface area contributed by atoms with Gasteiger partial charge in [0.05, 0.1) is 6.42 Å². The molecule has 2 fully saturated rings. The van der Waals surface area contributed by atoms with Crippen molar-refractivity contribution < 1.29 is 19.1 Å². The van der Waals surface area contributed by atoms with Crippen molar-refractivity contribution >= 4 is 52.0 Å². The number of amides is 2. The first-order chi connectivity index (χ1) is 16.5. The first-order valence-electron chi connectivity index (χ1n) is 11.8. The normalized spacial score (nSPS) is 19.1. The van der Waals surface area contributed by atoms with E-state index in [1.54, 1.807) is 11.0 Å². The number of benzene rings is 2. The highest BCUT2D eigenvalue weighted by Crippen LogP contribution is 2.22. The number of hydrogen-bond donors (Lipinski definition) is 2. The van der Waals surface area contributed by atoms with Crippen molar-refractivity contribution in [3.8, 4) is 0 Å². The lowest BCUT2D eigenvalue weighted by atomic mass is 9.98. The molecule has 1 saturated heterocycles. The summed E-state index contributed by atoms with van der Waals surface area (Å²) < 4.78 is 5.59. The number of carbonyl (C=O) groups excluding carboxylic acids is 3. The van der Waals surface area contributed by atoms with E-state index >= 15 is 0 Å². The monoisotopic (exact) mass is 479 g/mol. The predicted molar refractivity (Wildman–Crippen MR) is 135 cm³/mol. The van der Waals surface area contributed by atoms with Gasteiger partial charge in [0.25, 0.3) is 0 Å². The number of thiocarbonyl (C=S) groups is 1. The molecule has 2 aromatic rings. The summed E-state index contributed by atoms with van der Waals surface area (Å²) in [5, 5.41) is 7.69. The zero-order valence-electron chi connectivity index (χ0n) is 19.0. The molecule has 2 amide bonds. The molecule has 7 nitrogen and oxygen atoms in total.